The number of aliphatic hydroxyl groups is 1. The van der Waals surface area contributed by atoms with E-state index in [1.165, 1.54) is 12.1 Å². The maximum atomic E-state index is 12.8. The van der Waals surface area contributed by atoms with E-state index in [1.807, 2.05) is 0 Å². The molecule has 1 aromatic carbocycles. The average molecular weight is 409 g/mol. The highest BCUT2D eigenvalue weighted by Crippen LogP contribution is 2.51. The molecule has 2 nitrogen and oxygen atoms in total. The van der Waals surface area contributed by atoms with Gasteiger partial charge in [0.25, 0.3) is 5.60 Å². The lowest BCUT2D eigenvalue weighted by Crippen LogP contribution is -2.53. The summed E-state index contributed by atoms with van der Waals surface area (Å²) in [6.07, 6.45) is -11.2. The number of hydrogen-bond acceptors (Lipinski definition) is 1. The first-order chi connectivity index (χ1) is 8.98. The standard InChI is InChI=1S/C11H6F6INO/c12-10(13,14)9(20,11(15,16)17)7-4-19-8-2-1-5(18)3-6(7)8/h1-4,19-20H. The van der Waals surface area contributed by atoms with Gasteiger partial charge in [-0.2, -0.15) is 26.3 Å². The van der Waals surface area contributed by atoms with Crippen LogP contribution in [0.5, 0.6) is 0 Å². The number of rotatable bonds is 1. The molecule has 0 unspecified atom stereocenters. The lowest BCUT2D eigenvalue weighted by Gasteiger charge is -2.32. The van der Waals surface area contributed by atoms with Crippen molar-refractivity contribution in [2.75, 3.05) is 0 Å². The van der Waals surface area contributed by atoms with Crippen molar-refractivity contribution in [1.29, 1.82) is 0 Å². The second kappa shape index (κ2) is 4.52. The van der Waals surface area contributed by atoms with Crippen LogP contribution in [0.4, 0.5) is 26.3 Å². The number of nitrogens with one attached hydrogen (secondary N) is 1. The average Bonchev–Trinajstić information content (AvgIpc) is 2.67. The van der Waals surface area contributed by atoms with Crippen molar-refractivity contribution < 1.29 is 31.4 Å². The third kappa shape index (κ3) is 2.16. The number of H-pyrrole nitrogens is 1. The molecule has 0 aliphatic rings. The largest absolute Gasteiger partial charge is 0.430 e. The van der Waals surface area contributed by atoms with Gasteiger partial charge >= 0.3 is 12.4 Å². The summed E-state index contributed by atoms with van der Waals surface area (Å²) in [5, 5.41) is 9.04. The normalized spacial score (nSPS) is 14.0. The van der Waals surface area contributed by atoms with Crippen molar-refractivity contribution >= 4 is 33.5 Å². The number of aromatic nitrogens is 1. The van der Waals surface area contributed by atoms with E-state index in [2.05, 4.69) is 4.98 Å². The fraction of sp³-hybridized carbons (Fsp3) is 0.273. The fourth-order valence-corrected chi connectivity index (χ4v) is 2.35. The van der Waals surface area contributed by atoms with Gasteiger partial charge < -0.3 is 10.1 Å². The van der Waals surface area contributed by atoms with Gasteiger partial charge in [0.2, 0.25) is 0 Å². The molecule has 9 heteroatoms. The van der Waals surface area contributed by atoms with Crippen LogP contribution < -0.4 is 0 Å². The monoisotopic (exact) mass is 409 g/mol. The Bertz CT molecular complexity index is 630. The molecule has 110 valence electrons. The van der Waals surface area contributed by atoms with E-state index in [9.17, 15) is 31.4 Å². The lowest BCUT2D eigenvalue weighted by molar-refractivity contribution is -0.375. The Morgan fingerprint density at radius 3 is 2.05 bits per heavy atom. The van der Waals surface area contributed by atoms with Crippen LogP contribution in [-0.2, 0) is 5.60 Å². The number of aromatic amines is 1. The Labute approximate surface area is 121 Å². The van der Waals surface area contributed by atoms with Crippen LogP contribution in [0.2, 0.25) is 0 Å². The summed E-state index contributed by atoms with van der Waals surface area (Å²) in [6.45, 7) is 0. The molecule has 1 aromatic heterocycles. The smallest absolute Gasteiger partial charge is 0.369 e. The van der Waals surface area contributed by atoms with Crippen LogP contribution in [0, 0.1) is 3.57 Å². The molecule has 0 radical (unpaired) electrons. The zero-order valence-corrected chi connectivity index (χ0v) is 11.6. The fourth-order valence-electron chi connectivity index (χ4n) is 1.86. The van der Waals surface area contributed by atoms with Gasteiger partial charge in [-0.15, -0.1) is 0 Å². The minimum atomic E-state index is -5.89. The van der Waals surface area contributed by atoms with Crippen molar-refractivity contribution in [1.82, 2.24) is 4.98 Å². The molecule has 2 aromatic rings. The van der Waals surface area contributed by atoms with Gasteiger partial charge in [0.15, 0.2) is 0 Å². The summed E-state index contributed by atoms with van der Waals surface area (Å²) in [5.41, 5.74) is -6.10. The number of fused-ring (bicyclic) bond motifs is 1. The van der Waals surface area contributed by atoms with E-state index in [-0.39, 0.29) is 10.9 Å². The number of alkyl halides is 6. The number of benzene rings is 1. The first-order valence-corrected chi connectivity index (χ1v) is 6.19. The Hall–Kier alpha value is -0.970. The van der Waals surface area contributed by atoms with E-state index < -0.39 is 23.5 Å². The lowest BCUT2D eigenvalue weighted by atomic mass is 9.92. The molecule has 20 heavy (non-hydrogen) atoms. The predicted molar refractivity (Wildman–Crippen MR) is 67.0 cm³/mol. The topological polar surface area (TPSA) is 36.0 Å². The highest BCUT2D eigenvalue weighted by Gasteiger charge is 2.72. The Morgan fingerprint density at radius 1 is 1.00 bits per heavy atom. The highest BCUT2D eigenvalue weighted by molar-refractivity contribution is 14.1. The molecule has 0 aliphatic heterocycles. The third-order valence-electron chi connectivity index (χ3n) is 2.85. The van der Waals surface area contributed by atoms with Crippen LogP contribution in [0.25, 0.3) is 10.9 Å². The van der Waals surface area contributed by atoms with Gasteiger partial charge in [-0.1, -0.05) is 0 Å². The maximum absolute atomic E-state index is 12.8. The zero-order valence-electron chi connectivity index (χ0n) is 9.40. The van der Waals surface area contributed by atoms with Gasteiger partial charge in [-0.05, 0) is 40.8 Å². The molecule has 0 fully saturated rings. The van der Waals surface area contributed by atoms with E-state index in [1.54, 1.807) is 22.6 Å². The van der Waals surface area contributed by atoms with Crippen molar-refractivity contribution in [2.45, 2.75) is 18.0 Å². The third-order valence-corrected chi connectivity index (χ3v) is 3.53. The molecule has 1 heterocycles. The second-order valence-corrected chi connectivity index (χ2v) is 5.34. The molecule has 0 bridgehead atoms. The highest BCUT2D eigenvalue weighted by atomic mass is 127. The van der Waals surface area contributed by atoms with E-state index >= 15 is 0 Å². The molecule has 0 aliphatic carbocycles. The first kappa shape index (κ1) is 15.4. The summed E-state index contributed by atoms with van der Waals surface area (Å²) in [4.78, 5) is 2.30. The molecule has 0 saturated carbocycles. The van der Waals surface area contributed by atoms with Gasteiger partial charge in [0, 0.05) is 26.2 Å². The van der Waals surface area contributed by atoms with Gasteiger partial charge in [0.05, 0.1) is 0 Å². The Balaban J connectivity index is 2.80. The summed E-state index contributed by atoms with van der Waals surface area (Å²) >= 11 is 1.75. The molecule has 2 N–H and O–H groups in total. The van der Waals surface area contributed by atoms with Crippen molar-refractivity contribution in [3.8, 4) is 0 Å². The molecule has 2 rings (SSSR count). The molecule has 0 atom stereocenters. The quantitative estimate of drug-likeness (QED) is 0.541. The van der Waals surface area contributed by atoms with Crippen LogP contribution in [0.3, 0.4) is 0 Å². The number of hydrogen-bond donors (Lipinski definition) is 2. The van der Waals surface area contributed by atoms with Crippen molar-refractivity contribution in [3.63, 3.8) is 0 Å². The number of halogens is 7. The molecular weight excluding hydrogens is 403 g/mol. The zero-order chi connectivity index (χ0) is 15.3. The minimum absolute atomic E-state index is 0.0762. The van der Waals surface area contributed by atoms with Crippen LogP contribution in [0.1, 0.15) is 5.56 Å². The molecular formula is C11H6F6INO. The summed E-state index contributed by atoms with van der Waals surface area (Å²) in [6, 6.07) is 4.00. The summed E-state index contributed by atoms with van der Waals surface area (Å²) in [5.74, 6) is 0. The maximum Gasteiger partial charge on any atom is 0.430 e. The first-order valence-electron chi connectivity index (χ1n) is 5.11. The SMILES string of the molecule is OC(c1c[nH]c2ccc(I)cc12)(C(F)(F)F)C(F)(F)F. The minimum Gasteiger partial charge on any atom is -0.369 e. The van der Waals surface area contributed by atoms with Crippen molar-refractivity contribution in [3.05, 3.63) is 33.5 Å². The predicted octanol–water partition coefficient (Wildman–Crippen LogP) is 4.08. The molecule has 0 saturated heterocycles. The van der Waals surface area contributed by atoms with Gasteiger partial charge in [-0.3, -0.25) is 0 Å². The van der Waals surface area contributed by atoms with E-state index in [0.29, 0.717) is 9.77 Å². The van der Waals surface area contributed by atoms with Crippen LogP contribution >= 0.6 is 22.6 Å². The van der Waals surface area contributed by atoms with E-state index in [0.717, 1.165) is 6.07 Å². The van der Waals surface area contributed by atoms with Gasteiger partial charge in [-0.25, -0.2) is 0 Å². The second-order valence-electron chi connectivity index (χ2n) is 4.10. The van der Waals surface area contributed by atoms with E-state index in [4.69, 9.17) is 0 Å². The Morgan fingerprint density at radius 2 is 1.55 bits per heavy atom. The Kier molecular flexibility index (Phi) is 3.48. The molecule has 0 spiro atoms. The van der Waals surface area contributed by atoms with Crippen molar-refractivity contribution in [2.24, 2.45) is 0 Å². The van der Waals surface area contributed by atoms with Gasteiger partial charge in [0.1, 0.15) is 0 Å². The van der Waals surface area contributed by atoms with Crippen LogP contribution in [-0.4, -0.2) is 22.4 Å². The summed E-state index contributed by atoms with van der Waals surface area (Å²) < 4.78 is 77.3. The summed E-state index contributed by atoms with van der Waals surface area (Å²) in [7, 11) is 0. The molecule has 0 amide bonds. The van der Waals surface area contributed by atoms with Crippen LogP contribution in [0.15, 0.2) is 24.4 Å².